The summed E-state index contributed by atoms with van der Waals surface area (Å²) in [6, 6.07) is 6.27. The van der Waals surface area contributed by atoms with Crippen molar-refractivity contribution in [3.8, 4) is 10.4 Å². The molecule has 3 amide bonds. The fraction of sp³-hybridized carbons (Fsp3) is 0.538. The molecule has 204 valence electrons. The van der Waals surface area contributed by atoms with Gasteiger partial charge in [-0.3, -0.25) is 14.4 Å². The lowest BCUT2D eigenvalue weighted by molar-refractivity contribution is -0.144. The van der Waals surface area contributed by atoms with E-state index < -0.39 is 23.6 Å². The summed E-state index contributed by atoms with van der Waals surface area (Å²) < 4.78 is 0. The first-order valence-electron chi connectivity index (χ1n) is 12.3. The van der Waals surface area contributed by atoms with Crippen LogP contribution in [-0.4, -0.2) is 64.0 Å². The molecule has 0 spiro atoms. The number of nitrogens with two attached hydrogens (primary N) is 1. The van der Waals surface area contributed by atoms with Gasteiger partial charge in [0.1, 0.15) is 12.1 Å². The number of nitrogens with zero attached hydrogens (tertiary/aromatic N) is 2. The monoisotopic (exact) mass is 551 g/mol. The van der Waals surface area contributed by atoms with Crippen LogP contribution in [0.2, 0.25) is 0 Å². The number of carbonyl (C=O) groups is 3. The minimum Gasteiger partial charge on any atom is -0.391 e. The Balaban J connectivity index is 0.00000481. The van der Waals surface area contributed by atoms with E-state index in [0.717, 1.165) is 21.7 Å². The zero-order valence-electron chi connectivity index (χ0n) is 21.8. The molecule has 1 aliphatic heterocycles. The van der Waals surface area contributed by atoms with Gasteiger partial charge < -0.3 is 26.4 Å². The highest BCUT2D eigenvalue weighted by Gasteiger charge is 2.44. The summed E-state index contributed by atoms with van der Waals surface area (Å²) in [5.41, 5.74) is 9.71. The molecule has 11 heteroatoms. The van der Waals surface area contributed by atoms with Crippen LogP contribution >= 0.6 is 23.7 Å². The molecule has 1 aliphatic rings. The van der Waals surface area contributed by atoms with Gasteiger partial charge in [0.15, 0.2) is 0 Å². The first kappa shape index (κ1) is 30.7. The molecule has 3 atom stereocenters. The number of halogens is 1. The van der Waals surface area contributed by atoms with Gasteiger partial charge in [-0.1, -0.05) is 45.0 Å². The highest BCUT2D eigenvalue weighted by molar-refractivity contribution is 7.13. The molecule has 3 rings (SSSR count). The number of thiazole rings is 1. The van der Waals surface area contributed by atoms with E-state index in [-0.39, 0.29) is 49.5 Å². The average Bonchev–Trinajstić information content (AvgIpc) is 3.44. The maximum atomic E-state index is 13.5. The molecule has 0 bridgehead atoms. The molecule has 2 heterocycles. The standard InChI is InChI=1S/C26H37N5O4S.ClH/c1-16-22(36-15-29-16)18-9-7-17(8-10-18)13-28-24(34)20-12-19(32)14-31(20)25(35)23(26(2,3)4)30-21(33)6-5-11-27;/h7-10,15,19-20,23,32H,5-6,11-14,27H2,1-4H3,(H,28,34)(H,30,33);1H. The fourth-order valence-corrected chi connectivity index (χ4v) is 5.09. The maximum absolute atomic E-state index is 13.5. The summed E-state index contributed by atoms with van der Waals surface area (Å²) in [5, 5.41) is 16.0. The van der Waals surface area contributed by atoms with Crippen LogP contribution in [0.3, 0.4) is 0 Å². The van der Waals surface area contributed by atoms with Crippen LogP contribution in [0.5, 0.6) is 0 Å². The van der Waals surface area contributed by atoms with Crippen LogP contribution in [-0.2, 0) is 20.9 Å². The Morgan fingerprint density at radius 2 is 1.92 bits per heavy atom. The second-order valence-corrected chi connectivity index (χ2v) is 11.2. The van der Waals surface area contributed by atoms with Gasteiger partial charge in [0.25, 0.3) is 0 Å². The topological polar surface area (TPSA) is 138 Å². The number of aryl methyl sites for hydroxylation is 1. The van der Waals surface area contributed by atoms with Crippen molar-refractivity contribution in [2.45, 2.75) is 71.7 Å². The van der Waals surface area contributed by atoms with Crippen molar-refractivity contribution in [3.05, 3.63) is 41.0 Å². The molecule has 5 N–H and O–H groups in total. The van der Waals surface area contributed by atoms with E-state index in [9.17, 15) is 19.5 Å². The molecule has 1 aromatic heterocycles. The van der Waals surface area contributed by atoms with E-state index in [1.54, 1.807) is 11.3 Å². The summed E-state index contributed by atoms with van der Waals surface area (Å²) >= 11 is 1.58. The number of hydrogen-bond acceptors (Lipinski definition) is 7. The first-order valence-corrected chi connectivity index (χ1v) is 13.1. The zero-order valence-corrected chi connectivity index (χ0v) is 23.5. The number of rotatable bonds is 9. The summed E-state index contributed by atoms with van der Waals surface area (Å²) in [6.45, 7) is 8.28. The summed E-state index contributed by atoms with van der Waals surface area (Å²) in [5.74, 6) is -0.958. The summed E-state index contributed by atoms with van der Waals surface area (Å²) in [7, 11) is 0. The Hall–Kier alpha value is -2.53. The van der Waals surface area contributed by atoms with Crippen molar-refractivity contribution in [1.82, 2.24) is 20.5 Å². The van der Waals surface area contributed by atoms with Crippen LogP contribution in [0.15, 0.2) is 29.8 Å². The third-order valence-electron chi connectivity index (χ3n) is 6.32. The van der Waals surface area contributed by atoms with Crippen molar-refractivity contribution in [2.24, 2.45) is 11.1 Å². The number of carbonyl (C=O) groups excluding carboxylic acids is 3. The van der Waals surface area contributed by atoms with Crippen molar-refractivity contribution in [2.75, 3.05) is 13.1 Å². The van der Waals surface area contributed by atoms with Gasteiger partial charge in [-0.25, -0.2) is 4.98 Å². The number of benzene rings is 1. The molecule has 1 saturated heterocycles. The van der Waals surface area contributed by atoms with Crippen molar-refractivity contribution < 1.29 is 19.5 Å². The van der Waals surface area contributed by atoms with Crippen molar-refractivity contribution in [3.63, 3.8) is 0 Å². The Bertz CT molecular complexity index is 1070. The van der Waals surface area contributed by atoms with Crippen molar-refractivity contribution in [1.29, 1.82) is 0 Å². The maximum Gasteiger partial charge on any atom is 0.246 e. The zero-order chi connectivity index (χ0) is 26.5. The van der Waals surface area contributed by atoms with Crippen molar-refractivity contribution >= 4 is 41.5 Å². The minimum absolute atomic E-state index is 0. The van der Waals surface area contributed by atoms with Crippen LogP contribution in [0.4, 0.5) is 0 Å². The first-order chi connectivity index (χ1) is 17.0. The Morgan fingerprint density at radius 3 is 2.49 bits per heavy atom. The molecule has 2 aromatic rings. The predicted molar refractivity (Wildman–Crippen MR) is 147 cm³/mol. The normalized spacial score (nSPS) is 18.2. The lowest BCUT2D eigenvalue weighted by Gasteiger charge is -2.35. The van der Waals surface area contributed by atoms with E-state index in [2.05, 4.69) is 15.6 Å². The molecular formula is C26H38ClN5O4S. The fourth-order valence-electron chi connectivity index (χ4n) is 4.28. The summed E-state index contributed by atoms with van der Waals surface area (Å²) in [6.07, 6.45) is 0.0960. The van der Waals surface area contributed by atoms with Crippen LogP contribution in [0.1, 0.15) is 51.3 Å². The van der Waals surface area contributed by atoms with E-state index in [4.69, 9.17) is 5.73 Å². The molecule has 0 aliphatic carbocycles. The number of amides is 3. The van der Waals surface area contributed by atoms with E-state index in [0.29, 0.717) is 19.5 Å². The number of nitrogens with one attached hydrogen (secondary N) is 2. The van der Waals surface area contributed by atoms with Gasteiger partial charge >= 0.3 is 0 Å². The molecule has 1 fully saturated rings. The van der Waals surface area contributed by atoms with E-state index in [1.807, 2.05) is 57.5 Å². The predicted octanol–water partition coefficient (Wildman–Crippen LogP) is 2.39. The van der Waals surface area contributed by atoms with Gasteiger partial charge in [0.05, 0.1) is 22.2 Å². The molecule has 3 unspecified atom stereocenters. The van der Waals surface area contributed by atoms with E-state index in [1.165, 1.54) is 4.90 Å². The molecule has 0 saturated carbocycles. The van der Waals surface area contributed by atoms with E-state index >= 15 is 0 Å². The van der Waals surface area contributed by atoms with Crippen LogP contribution in [0, 0.1) is 12.3 Å². The SMILES string of the molecule is Cc1ncsc1-c1ccc(CNC(=O)C2CC(O)CN2C(=O)C(NC(=O)CCCN)C(C)(C)C)cc1.Cl. The Kier molecular flexibility index (Phi) is 11.0. The number of β-amino-alcohol motifs (C(OH)–C–C–N with tert-alkyl or cyclic N) is 1. The lowest BCUT2D eigenvalue weighted by Crippen LogP contribution is -2.57. The van der Waals surface area contributed by atoms with Gasteiger partial charge in [0.2, 0.25) is 17.7 Å². The number of aliphatic hydroxyl groups excluding tert-OH is 1. The lowest BCUT2D eigenvalue weighted by atomic mass is 9.85. The second-order valence-electron chi connectivity index (χ2n) is 10.3. The molecule has 9 nitrogen and oxygen atoms in total. The smallest absolute Gasteiger partial charge is 0.246 e. The van der Waals surface area contributed by atoms with Crippen LogP contribution in [0.25, 0.3) is 10.4 Å². The summed E-state index contributed by atoms with van der Waals surface area (Å²) in [4.78, 5) is 45.8. The number of likely N-dealkylation sites (tertiary alicyclic amines) is 1. The number of hydrogen-bond donors (Lipinski definition) is 4. The molecule has 37 heavy (non-hydrogen) atoms. The minimum atomic E-state index is -0.828. The van der Waals surface area contributed by atoms with Gasteiger partial charge in [0, 0.05) is 25.9 Å². The van der Waals surface area contributed by atoms with Crippen LogP contribution < -0.4 is 16.4 Å². The quantitative estimate of drug-likeness (QED) is 0.377. The second kappa shape index (κ2) is 13.3. The molecule has 1 aromatic carbocycles. The highest BCUT2D eigenvalue weighted by atomic mass is 35.5. The molecular weight excluding hydrogens is 514 g/mol. The third kappa shape index (κ3) is 7.98. The largest absolute Gasteiger partial charge is 0.391 e. The van der Waals surface area contributed by atoms with Gasteiger partial charge in [-0.15, -0.1) is 23.7 Å². The number of aromatic nitrogens is 1. The Morgan fingerprint density at radius 1 is 1.24 bits per heavy atom. The number of aliphatic hydroxyl groups is 1. The third-order valence-corrected chi connectivity index (χ3v) is 7.30. The molecule has 0 radical (unpaired) electrons. The Labute approximate surface area is 228 Å². The van der Waals surface area contributed by atoms with Gasteiger partial charge in [-0.2, -0.15) is 0 Å². The average molecular weight is 552 g/mol. The highest BCUT2D eigenvalue weighted by Crippen LogP contribution is 2.28. The van der Waals surface area contributed by atoms with Gasteiger partial charge in [-0.05, 0) is 36.4 Å².